The Bertz CT molecular complexity index is 1080. The maximum atomic E-state index is 13.5. The van der Waals surface area contributed by atoms with E-state index >= 15 is 0 Å². The highest BCUT2D eigenvalue weighted by Gasteiger charge is 2.32. The van der Waals surface area contributed by atoms with Gasteiger partial charge in [-0.3, -0.25) is 13.9 Å². The molecule has 2 atom stereocenters. The van der Waals surface area contributed by atoms with Crippen LogP contribution in [0.15, 0.2) is 48.5 Å². The van der Waals surface area contributed by atoms with Crippen LogP contribution in [0.1, 0.15) is 39.2 Å². The first kappa shape index (κ1) is 27.2. The largest absolute Gasteiger partial charge is 0.352 e. The molecule has 0 aliphatic rings. The number of hydrogen-bond acceptors (Lipinski definition) is 4. The molecule has 0 heterocycles. The Hall–Kier alpha value is -3.01. The van der Waals surface area contributed by atoms with E-state index in [1.54, 1.807) is 6.92 Å². The van der Waals surface area contributed by atoms with Crippen LogP contribution < -0.4 is 9.62 Å². The first-order valence-electron chi connectivity index (χ1n) is 11.0. The minimum absolute atomic E-state index is 0.0213. The topological polar surface area (TPSA) is 86.8 Å². The Morgan fingerprint density at radius 3 is 1.94 bits per heavy atom. The average Bonchev–Trinajstić information content (AvgIpc) is 2.78. The zero-order valence-corrected chi connectivity index (χ0v) is 20.6. The second-order valence-corrected chi connectivity index (χ2v) is 10.0. The van der Waals surface area contributed by atoms with Gasteiger partial charge >= 0.3 is 0 Å². The molecule has 2 aromatic carbocycles. The molecule has 10 heteroatoms. The highest BCUT2D eigenvalue weighted by molar-refractivity contribution is 7.92. The smallest absolute Gasteiger partial charge is 0.244 e. The minimum Gasteiger partial charge on any atom is -0.352 e. The van der Waals surface area contributed by atoms with Crippen LogP contribution in [0.3, 0.4) is 0 Å². The van der Waals surface area contributed by atoms with Crippen LogP contribution in [0.5, 0.6) is 0 Å². The summed E-state index contributed by atoms with van der Waals surface area (Å²) in [5.41, 5.74) is 0.702. The summed E-state index contributed by atoms with van der Waals surface area (Å²) in [5.74, 6) is -1.97. The van der Waals surface area contributed by atoms with E-state index in [0.717, 1.165) is 22.7 Å². The quantitative estimate of drug-likeness (QED) is 0.517. The van der Waals surface area contributed by atoms with Crippen LogP contribution in [0, 0.1) is 11.6 Å². The maximum Gasteiger partial charge on any atom is 0.244 e. The Morgan fingerprint density at radius 2 is 1.47 bits per heavy atom. The molecule has 0 spiro atoms. The van der Waals surface area contributed by atoms with Gasteiger partial charge in [-0.05, 0) is 61.7 Å². The Kier molecular flexibility index (Phi) is 9.55. The lowest BCUT2D eigenvalue weighted by atomic mass is 10.1. The average molecular weight is 496 g/mol. The number of hydrogen-bond donors (Lipinski definition) is 1. The van der Waals surface area contributed by atoms with Gasteiger partial charge in [0.05, 0.1) is 11.9 Å². The van der Waals surface area contributed by atoms with Gasteiger partial charge in [0.15, 0.2) is 0 Å². The lowest BCUT2D eigenvalue weighted by Gasteiger charge is -2.33. The maximum absolute atomic E-state index is 13.5. The summed E-state index contributed by atoms with van der Waals surface area (Å²) in [6, 6.07) is 9.25. The molecule has 0 aromatic heterocycles. The first-order valence-corrected chi connectivity index (χ1v) is 12.9. The molecule has 0 saturated heterocycles. The Morgan fingerprint density at radius 1 is 0.941 bits per heavy atom. The summed E-state index contributed by atoms with van der Waals surface area (Å²) >= 11 is 0. The van der Waals surface area contributed by atoms with Crippen LogP contribution >= 0.6 is 0 Å². The number of amides is 2. The van der Waals surface area contributed by atoms with E-state index in [9.17, 15) is 26.8 Å². The van der Waals surface area contributed by atoms with E-state index in [1.165, 1.54) is 41.3 Å². The van der Waals surface area contributed by atoms with Gasteiger partial charge in [-0.25, -0.2) is 17.2 Å². The SMILES string of the molecule is CC[C@@H](C)NC(=O)[C@@H](CC)N(Cc1ccc(F)cc1)C(=O)CN(c1ccc(F)cc1)S(C)(=O)=O. The highest BCUT2D eigenvalue weighted by Crippen LogP contribution is 2.20. The van der Waals surface area contributed by atoms with Crippen LogP contribution in [0.25, 0.3) is 0 Å². The monoisotopic (exact) mass is 495 g/mol. The van der Waals surface area contributed by atoms with Gasteiger partial charge in [-0.1, -0.05) is 26.0 Å². The molecule has 186 valence electrons. The van der Waals surface area contributed by atoms with Crippen molar-refractivity contribution in [2.75, 3.05) is 17.1 Å². The molecule has 0 aliphatic carbocycles. The van der Waals surface area contributed by atoms with Crippen LogP contribution in [0.4, 0.5) is 14.5 Å². The number of carbonyl (C=O) groups is 2. The molecule has 1 N–H and O–H groups in total. The van der Waals surface area contributed by atoms with E-state index in [-0.39, 0.29) is 30.6 Å². The van der Waals surface area contributed by atoms with Crippen molar-refractivity contribution in [3.8, 4) is 0 Å². The van der Waals surface area contributed by atoms with E-state index in [4.69, 9.17) is 0 Å². The number of anilines is 1. The molecule has 0 aliphatic heterocycles. The van der Waals surface area contributed by atoms with Gasteiger partial charge < -0.3 is 10.2 Å². The van der Waals surface area contributed by atoms with E-state index in [0.29, 0.717) is 12.0 Å². The number of nitrogens with one attached hydrogen (secondary N) is 1. The molecule has 7 nitrogen and oxygen atoms in total. The summed E-state index contributed by atoms with van der Waals surface area (Å²) in [7, 11) is -3.90. The third kappa shape index (κ3) is 7.51. The fraction of sp³-hybridized carbons (Fsp3) is 0.417. The number of carbonyl (C=O) groups excluding carboxylic acids is 2. The number of rotatable bonds is 11. The van der Waals surface area contributed by atoms with Crippen LogP contribution in [-0.2, 0) is 26.2 Å². The third-order valence-corrected chi connectivity index (χ3v) is 6.59. The van der Waals surface area contributed by atoms with E-state index in [2.05, 4.69) is 5.32 Å². The fourth-order valence-corrected chi connectivity index (χ4v) is 4.22. The second-order valence-electron chi connectivity index (χ2n) is 8.14. The standard InChI is InChI=1S/C24H31F2N3O4S/c1-5-17(3)27-24(31)22(6-2)28(15-18-7-9-19(25)10-8-18)23(30)16-29(34(4,32)33)21-13-11-20(26)12-14-21/h7-14,17,22H,5-6,15-16H2,1-4H3,(H,27,31)/t17-,22-/m1/s1. The zero-order chi connectivity index (χ0) is 25.5. The van der Waals surface area contributed by atoms with Gasteiger partial charge in [-0.15, -0.1) is 0 Å². The van der Waals surface area contributed by atoms with Gasteiger partial charge in [-0.2, -0.15) is 0 Å². The lowest BCUT2D eigenvalue weighted by Crippen LogP contribution is -2.53. The molecule has 34 heavy (non-hydrogen) atoms. The van der Waals surface area contributed by atoms with E-state index < -0.39 is 40.2 Å². The molecule has 2 amide bonds. The van der Waals surface area contributed by atoms with Crippen LogP contribution in [-0.4, -0.2) is 50.0 Å². The molecule has 0 fully saturated rings. The lowest BCUT2D eigenvalue weighted by molar-refractivity contribution is -0.140. The van der Waals surface area contributed by atoms with Crippen molar-refractivity contribution >= 4 is 27.5 Å². The minimum atomic E-state index is -3.90. The number of halogens is 2. The molecule has 2 aromatic rings. The van der Waals surface area contributed by atoms with Crippen molar-refractivity contribution in [1.82, 2.24) is 10.2 Å². The molecule has 0 bridgehead atoms. The van der Waals surface area contributed by atoms with Crippen molar-refractivity contribution in [2.45, 2.75) is 52.2 Å². The Labute approximate surface area is 199 Å². The first-order chi connectivity index (χ1) is 16.0. The zero-order valence-electron chi connectivity index (χ0n) is 19.8. The molecule has 2 rings (SSSR count). The predicted octanol–water partition coefficient (Wildman–Crippen LogP) is 3.45. The summed E-state index contributed by atoms with van der Waals surface area (Å²) in [6.45, 7) is 4.90. The number of nitrogens with zero attached hydrogens (tertiary/aromatic N) is 2. The van der Waals surface area contributed by atoms with Crippen LogP contribution in [0.2, 0.25) is 0 Å². The fourth-order valence-electron chi connectivity index (χ4n) is 3.37. The normalized spacial score (nSPS) is 13.1. The molecular weight excluding hydrogens is 464 g/mol. The Balaban J connectivity index is 2.41. The second kappa shape index (κ2) is 11.9. The van der Waals surface area contributed by atoms with Gasteiger partial charge in [0.25, 0.3) is 0 Å². The van der Waals surface area contributed by atoms with Crippen molar-refractivity contribution < 1.29 is 26.8 Å². The summed E-state index contributed by atoms with van der Waals surface area (Å²) in [5, 5.41) is 2.87. The highest BCUT2D eigenvalue weighted by atomic mass is 32.2. The summed E-state index contributed by atoms with van der Waals surface area (Å²) in [6.07, 6.45) is 1.92. The molecule has 0 saturated carbocycles. The number of sulfonamides is 1. The van der Waals surface area contributed by atoms with Crippen molar-refractivity contribution in [2.24, 2.45) is 0 Å². The molecule has 0 radical (unpaired) electrons. The van der Waals surface area contributed by atoms with E-state index in [1.807, 2.05) is 13.8 Å². The van der Waals surface area contributed by atoms with Gasteiger partial charge in [0, 0.05) is 12.6 Å². The number of benzene rings is 2. The van der Waals surface area contributed by atoms with Crippen molar-refractivity contribution in [3.05, 3.63) is 65.7 Å². The molecule has 0 unspecified atom stereocenters. The molecular formula is C24H31F2N3O4S. The summed E-state index contributed by atoms with van der Waals surface area (Å²) < 4.78 is 52.6. The van der Waals surface area contributed by atoms with Gasteiger partial charge in [0.2, 0.25) is 21.8 Å². The van der Waals surface area contributed by atoms with Crippen molar-refractivity contribution in [3.63, 3.8) is 0 Å². The third-order valence-electron chi connectivity index (χ3n) is 5.45. The van der Waals surface area contributed by atoms with Gasteiger partial charge in [0.1, 0.15) is 24.2 Å². The predicted molar refractivity (Wildman–Crippen MR) is 128 cm³/mol. The summed E-state index contributed by atoms with van der Waals surface area (Å²) in [4.78, 5) is 27.7. The van der Waals surface area contributed by atoms with Crippen molar-refractivity contribution in [1.29, 1.82) is 0 Å².